The number of aliphatic hydroxyl groups is 1. The third kappa shape index (κ3) is 1.59. The lowest BCUT2D eigenvalue weighted by Crippen LogP contribution is -1.93. The Labute approximate surface area is 78.1 Å². The van der Waals surface area contributed by atoms with Crippen LogP contribution in [0.25, 0.3) is 0 Å². The Morgan fingerprint density at radius 1 is 1.58 bits per heavy atom. The molecule has 1 aromatic rings. The van der Waals surface area contributed by atoms with Crippen LogP contribution in [0, 0.1) is 5.82 Å². The number of aliphatic hydroxyl groups excluding tert-OH is 1. The third-order valence-electron chi connectivity index (χ3n) is 1.52. The second kappa shape index (κ2) is 3.87. The van der Waals surface area contributed by atoms with Gasteiger partial charge in [-0.25, -0.2) is 4.39 Å². The zero-order valence-electron chi connectivity index (χ0n) is 6.47. The largest absolute Gasteiger partial charge is 0.495 e. The molecule has 4 heteroatoms. The van der Waals surface area contributed by atoms with Crippen molar-refractivity contribution in [3.8, 4) is 5.75 Å². The normalized spacial score (nSPS) is 10.0. The van der Waals surface area contributed by atoms with E-state index in [1.165, 1.54) is 13.2 Å². The maximum absolute atomic E-state index is 13.2. The molecule has 0 heterocycles. The third-order valence-corrected chi connectivity index (χ3v) is 2.26. The van der Waals surface area contributed by atoms with Crippen molar-refractivity contribution in [1.82, 2.24) is 0 Å². The van der Waals surface area contributed by atoms with Crippen LogP contribution in [-0.2, 0) is 6.61 Å². The number of benzene rings is 1. The van der Waals surface area contributed by atoms with E-state index in [2.05, 4.69) is 15.9 Å². The summed E-state index contributed by atoms with van der Waals surface area (Å²) in [5, 5.41) is 8.70. The van der Waals surface area contributed by atoms with E-state index in [0.29, 0.717) is 5.75 Å². The Kier molecular flexibility index (Phi) is 3.05. The van der Waals surface area contributed by atoms with Crippen molar-refractivity contribution < 1.29 is 14.2 Å². The summed E-state index contributed by atoms with van der Waals surface area (Å²) in [7, 11) is 1.46. The van der Waals surface area contributed by atoms with E-state index in [1.807, 2.05) is 0 Å². The average molecular weight is 235 g/mol. The lowest BCUT2D eigenvalue weighted by atomic mass is 10.2. The van der Waals surface area contributed by atoms with E-state index in [0.717, 1.165) is 0 Å². The molecule has 12 heavy (non-hydrogen) atoms. The lowest BCUT2D eigenvalue weighted by Gasteiger charge is -2.06. The van der Waals surface area contributed by atoms with E-state index in [-0.39, 0.29) is 16.6 Å². The van der Waals surface area contributed by atoms with E-state index < -0.39 is 5.82 Å². The number of halogens is 2. The van der Waals surface area contributed by atoms with Gasteiger partial charge in [0.25, 0.3) is 0 Å². The summed E-state index contributed by atoms with van der Waals surface area (Å²) in [6, 6.07) is 3.08. The lowest BCUT2D eigenvalue weighted by molar-refractivity contribution is 0.275. The zero-order valence-corrected chi connectivity index (χ0v) is 8.06. The van der Waals surface area contributed by atoms with Crippen molar-refractivity contribution in [2.45, 2.75) is 6.61 Å². The molecule has 0 aliphatic rings. The van der Waals surface area contributed by atoms with Gasteiger partial charge in [0.1, 0.15) is 11.6 Å². The maximum atomic E-state index is 13.2. The van der Waals surface area contributed by atoms with Crippen molar-refractivity contribution in [2.24, 2.45) is 0 Å². The summed E-state index contributed by atoms with van der Waals surface area (Å²) >= 11 is 3.02. The highest BCUT2D eigenvalue weighted by Crippen LogP contribution is 2.29. The van der Waals surface area contributed by atoms with Crippen LogP contribution in [0.1, 0.15) is 5.56 Å². The SMILES string of the molecule is COc1ccc(CO)c(F)c1Br. The summed E-state index contributed by atoms with van der Waals surface area (Å²) < 4.78 is 18.3. The van der Waals surface area contributed by atoms with Gasteiger partial charge in [-0.1, -0.05) is 6.07 Å². The van der Waals surface area contributed by atoms with Gasteiger partial charge < -0.3 is 9.84 Å². The first kappa shape index (κ1) is 9.48. The first-order valence-corrected chi connectivity index (χ1v) is 4.11. The van der Waals surface area contributed by atoms with Gasteiger partial charge in [-0.15, -0.1) is 0 Å². The summed E-state index contributed by atoms with van der Waals surface area (Å²) in [5.41, 5.74) is 0.252. The average Bonchev–Trinajstić information content (AvgIpc) is 2.10. The van der Waals surface area contributed by atoms with Crippen LogP contribution < -0.4 is 4.74 Å². The molecule has 0 unspecified atom stereocenters. The van der Waals surface area contributed by atoms with Gasteiger partial charge in [-0.2, -0.15) is 0 Å². The van der Waals surface area contributed by atoms with Gasteiger partial charge in [0.05, 0.1) is 18.2 Å². The minimum atomic E-state index is -0.475. The molecule has 0 bridgehead atoms. The summed E-state index contributed by atoms with van der Waals surface area (Å²) in [5.74, 6) is -0.0541. The molecule has 0 amide bonds. The predicted octanol–water partition coefficient (Wildman–Crippen LogP) is 2.09. The van der Waals surface area contributed by atoms with Crippen LogP contribution in [-0.4, -0.2) is 12.2 Å². The molecule has 0 aliphatic carbocycles. The fourth-order valence-corrected chi connectivity index (χ4v) is 1.40. The highest BCUT2D eigenvalue weighted by molar-refractivity contribution is 9.10. The molecule has 1 rings (SSSR count). The van der Waals surface area contributed by atoms with Gasteiger partial charge in [-0.3, -0.25) is 0 Å². The van der Waals surface area contributed by atoms with Gasteiger partial charge >= 0.3 is 0 Å². The molecule has 0 atom stereocenters. The van der Waals surface area contributed by atoms with Gasteiger partial charge in [0.15, 0.2) is 0 Å². The van der Waals surface area contributed by atoms with Crippen molar-refractivity contribution in [1.29, 1.82) is 0 Å². The van der Waals surface area contributed by atoms with E-state index in [4.69, 9.17) is 9.84 Å². The summed E-state index contributed by atoms with van der Waals surface area (Å²) in [4.78, 5) is 0. The standard InChI is InChI=1S/C8H8BrFO2/c1-12-6-3-2-5(4-11)8(10)7(6)9/h2-3,11H,4H2,1H3. The van der Waals surface area contributed by atoms with E-state index in [1.54, 1.807) is 6.07 Å². The van der Waals surface area contributed by atoms with Crippen LogP contribution in [0.15, 0.2) is 16.6 Å². The molecule has 0 fully saturated rings. The van der Waals surface area contributed by atoms with Gasteiger partial charge in [-0.05, 0) is 22.0 Å². The summed E-state index contributed by atoms with van der Waals surface area (Å²) in [6.45, 7) is -0.311. The van der Waals surface area contributed by atoms with Crippen LogP contribution in [0.4, 0.5) is 4.39 Å². The fraction of sp³-hybridized carbons (Fsp3) is 0.250. The molecular weight excluding hydrogens is 227 g/mol. The molecule has 2 nitrogen and oxygen atoms in total. The molecule has 0 spiro atoms. The second-order valence-corrected chi connectivity index (χ2v) is 3.01. The number of methoxy groups -OCH3 is 1. The Balaban J connectivity index is 3.20. The van der Waals surface area contributed by atoms with Crippen LogP contribution in [0.5, 0.6) is 5.75 Å². The Morgan fingerprint density at radius 3 is 2.75 bits per heavy atom. The molecule has 0 aromatic heterocycles. The first-order valence-electron chi connectivity index (χ1n) is 3.32. The minimum Gasteiger partial charge on any atom is -0.495 e. The van der Waals surface area contributed by atoms with Crippen molar-refractivity contribution >= 4 is 15.9 Å². The zero-order chi connectivity index (χ0) is 9.14. The number of hydrogen-bond acceptors (Lipinski definition) is 2. The smallest absolute Gasteiger partial charge is 0.146 e. The van der Waals surface area contributed by atoms with Crippen LogP contribution in [0.3, 0.4) is 0 Å². The van der Waals surface area contributed by atoms with Crippen LogP contribution in [0.2, 0.25) is 0 Å². The molecule has 0 saturated heterocycles. The van der Waals surface area contributed by atoms with Gasteiger partial charge in [0, 0.05) is 5.56 Å². The van der Waals surface area contributed by atoms with E-state index >= 15 is 0 Å². The quantitative estimate of drug-likeness (QED) is 0.850. The van der Waals surface area contributed by atoms with Crippen molar-refractivity contribution in [2.75, 3.05) is 7.11 Å². The number of rotatable bonds is 2. The molecule has 1 N–H and O–H groups in total. The molecule has 0 saturated carbocycles. The second-order valence-electron chi connectivity index (χ2n) is 2.21. The topological polar surface area (TPSA) is 29.5 Å². The number of ether oxygens (including phenoxy) is 1. The fourth-order valence-electron chi connectivity index (χ4n) is 0.851. The number of hydrogen-bond donors (Lipinski definition) is 1. The minimum absolute atomic E-state index is 0.247. The first-order chi connectivity index (χ1) is 5.70. The Morgan fingerprint density at radius 2 is 2.25 bits per heavy atom. The highest BCUT2D eigenvalue weighted by atomic mass is 79.9. The Bertz CT molecular complexity index is 260. The predicted molar refractivity (Wildman–Crippen MR) is 46.6 cm³/mol. The molecule has 1 aromatic carbocycles. The monoisotopic (exact) mass is 234 g/mol. The summed E-state index contributed by atoms with van der Waals surface area (Å²) in [6.07, 6.45) is 0. The molecule has 0 radical (unpaired) electrons. The van der Waals surface area contributed by atoms with E-state index in [9.17, 15) is 4.39 Å². The highest BCUT2D eigenvalue weighted by Gasteiger charge is 2.10. The van der Waals surface area contributed by atoms with Crippen LogP contribution >= 0.6 is 15.9 Å². The molecule has 0 aliphatic heterocycles. The maximum Gasteiger partial charge on any atom is 0.146 e. The Hall–Kier alpha value is -0.610. The molecule has 66 valence electrons. The van der Waals surface area contributed by atoms with Gasteiger partial charge in [0.2, 0.25) is 0 Å². The molecular formula is C8H8BrFO2. The van der Waals surface area contributed by atoms with Crippen molar-refractivity contribution in [3.63, 3.8) is 0 Å². The van der Waals surface area contributed by atoms with Crippen molar-refractivity contribution in [3.05, 3.63) is 28.0 Å².